The summed E-state index contributed by atoms with van der Waals surface area (Å²) in [5, 5.41) is 1.28. The van der Waals surface area contributed by atoms with Gasteiger partial charge in [0.2, 0.25) is 0 Å². The van der Waals surface area contributed by atoms with Crippen molar-refractivity contribution in [3.63, 3.8) is 0 Å². The fourth-order valence-corrected chi connectivity index (χ4v) is 5.60. The van der Waals surface area contributed by atoms with Crippen LogP contribution in [0.15, 0.2) is 18.2 Å². The maximum absolute atomic E-state index is 13.6. The zero-order chi connectivity index (χ0) is 19.8. The number of nitrogens with zero attached hydrogens (tertiary/aromatic N) is 1. The molecule has 2 unspecified atom stereocenters. The van der Waals surface area contributed by atoms with Crippen molar-refractivity contribution in [2.24, 2.45) is 11.7 Å². The molecular formula is C20H24N2O6. The van der Waals surface area contributed by atoms with E-state index in [0.717, 1.165) is 5.56 Å². The summed E-state index contributed by atoms with van der Waals surface area (Å²) in [5.74, 6) is 0.153. The average Bonchev–Trinajstić information content (AvgIpc) is 3.45. The summed E-state index contributed by atoms with van der Waals surface area (Å²) < 4.78 is 17.5. The van der Waals surface area contributed by atoms with Crippen LogP contribution in [0, 0.1) is 5.92 Å². The first kappa shape index (κ1) is 18.1. The number of nitrogens with two attached hydrogens (primary N) is 1. The lowest BCUT2D eigenvalue weighted by molar-refractivity contribution is -0.138. The Morgan fingerprint density at radius 3 is 2.82 bits per heavy atom. The fraction of sp³-hybridized carbons (Fsp3) is 0.600. The van der Waals surface area contributed by atoms with Crippen molar-refractivity contribution in [3.05, 3.63) is 23.8 Å². The lowest BCUT2D eigenvalue weighted by atomic mass is 9.72. The highest BCUT2D eigenvalue weighted by Crippen LogP contribution is 2.62. The minimum absolute atomic E-state index is 0.0345. The first-order chi connectivity index (χ1) is 13.4. The number of fused-ring (bicyclic) bond motifs is 3. The second-order valence-electron chi connectivity index (χ2n) is 7.97. The monoisotopic (exact) mass is 388 g/mol. The Kier molecular flexibility index (Phi) is 3.71. The van der Waals surface area contributed by atoms with Crippen LogP contribution in [0.2, 0.25) is 0 Å². The van der Waals surface area contributed by atoms with Gasteiger partial charge in [-0.15, -0.1) is 0 Å². The molecule has 1 aromatic rings. The van der Waals surface area contributed by atoms with Gasteiger partial charge >= 0.3 is 0 Å². The smallest absolute Gasteiger partial charge is 0.264 e. The highest BCUT2D eigenvalue weighted by Gasteiger charge is 2.79. The molecule has 1 saturated carbocycles. The van der Waals surface area contributed by atoms with Crippen LogP contribution < -0.4 is 15.5 Å². The van der Waals surface area contributed by atoms with E-state index in [1.807, 2.05) is 19.1 Å². The van der Waals surface area contributed by atoms with Gasteiger partial charge in [0.25, 0.3) is 5.91 Å². The topological polar surface area (TPSA) is 104 Å². The van der Waals surface area contributed by atoms with E-state index >= 15 is 0 Å². The van der Waals surface area contributed by atoms with E-state index < -0.39 is 29.3 Å². The highest BCUT2D eigenvalue weighted by atomic mass is 16.7. The van der Waals surface area contributed by atoms with Gasteiger partial charge in [0.1, 0.15) is 23.4 Å². The molecule has 0 aromatic heterocycles. The number of carbonyl (C=O) groups is 2. The highest BCUT2D eigenvalue weighted by molar-refractivity contribution is 6.08. The minimum Gasteiger partial charge on any atom is -0.497 e. The van der Waals surface area contributed by atoms with Crippen LogP contribution in [0.1, 0.15) is 25.3 Å². The van der Waals surface area contributed by atoms with Gasteiger partial charge in [-0.25, -0.2) is 0 Å². The summed E-state index contributed by atoms with van der Waals surface area (Å²) in [6.45, 7) is 2.13. The quantitative estimate of drug-likeness (QED) is 0.758. The summed E-state index contributed by atoms with van der Waals surface area (Å²) in [7, 11) is 3.02. The van der Waals surface area contributed by atoms with Crippen molar-refractivity contribution in [3.8, 4) is 5.75 Å². The van der Waals surface area contributed by atoms with Crippen LogP contribution in [0.5, 0.6) is 5.75 Å². The normalized spacial score (nSPS) is 40.3. The maximum Gasteiger partial charge on any atom is 0.264 e. The molecular weight excluding hydrogens is 364 g/mol. The predicted molar refractivity (Wildman–Crippen MR) is 97.9 cm³/mol. The number of hydrogen-bond acceptors (Lipinski definition) is 7. The number of ketones is 1. The molecule has 1 amide bonds. The molecule has 2 N–H and O–H groups in total. The molecule has 2 bridgehead atoms. The molecule has 8 heteroatoms. The van der Waals surface area contributed by atoms with Gasteiger partial charge in [-0.1, -0.05) is 13.0 Å². The Morgan fingerprint density at radius 1 is 1.36 bits per heavy atom. The van der Waals surface area contributed by atoms with Gasteiger partial charge in [-0.2, -0.15) is 5.06 Å². The molecule has 150 valence electrons. The van der Waals surface area contributed by atoms with Crippen LogP contribution in [0.25, 0.3) is 0 Å². The minimum atomic E-state index is -1.05. The number of epoxide rings is 1. The summed E-state index contributed by atoms with van der Waals surface area (Å²) in [5.41, 5.74) is 5.99. The average molecular weight is 388 g/mol. The zero-order valence-corrected chi connectivity index (χ0v) is 16.1. The number of hydrogen-bond donors (Lipinski definition) is 1. The van der Waals surface area contributed by atoms with E-state index in [2.05, 4.69) is 0 Å². The molecule has 4 fully saturated rings. The van der Waals surface area contributed by atoms with Crippen LogP contribution in [-0.2, 0) is 29.3 Å². The van der Waals surface area contributed by atoms with Gasteiger partial charge < -0.3 is 19.9 Å². The summed E-state index contributed by atoms with van der Waals surface area (Å²) in [6, 6.07) is 5.04. The molecule has 1 spiro atoms. The zero-order valence-electron chi connectivity index (χ0n) is 16.1. The van der Waals surface area contributed by atoms with Crippen LogP contribution in [0.3, 0.4) is 0 Å². The molecule has 1 aromatic carbocycles. The summed E-state index contributed by atoms with van der Waals surface area (Å²) in [6.07, 6.45) is -0.319. The van der Waals surface area contributed by atoms with Crippen molar-refractivity contribution in [1.82, 2.24) is 0 Å². The van der Waals surface area contributed by atoms with E-state index in [4.69, 9.17) is 24.8 Å². The van der Waals surface area contributed by atoms with Crippen molar-refractivity contribution >= 4 is 17.4 Å². The molecule has 4 aliphatic heterocycles. The van der Waals surface area contributed by atoms with Crippen molar-refractivity contribution in [1.29, 1.82) is 0 Å². The number of carbonyl (C=O) groups excluding carboxylic acids is 2. The predicted octanol–water partition coefficient (Wildman–Crippen LogP) is 0.704. The van der Waals surface area contributed by atoms with E-state index in [-0.39, 0.29) is 17.6 Å². The maximum atomic E-state index is 13.6. The molecule has 28 heavy (non-hydrogen) atoms. The summed E-state index contributed by atoms with van der Waals surface area (Å²) in [4.78, 5) is 31.9. The standard InChI is InChI=1S/C20H24N2O6/c1-4-15(23)20-12-9-27-16(17(20)28-20)19(8-13(12)21)11-6-5-10(25-2)7-14(11)22(26-3)18(19)24/h5-7,12-13,16-17H,4,8-9,21H2,1-3H3/t12-,13+,16-,17?,19+,20?/m1/s1. The second kappa shape index (κ2) is 5.76. The third-order valence-corrected chi connectivity index (χ3v) is 6.94. The number of anilines is 1. The first-order valence-corrected chi connectivity index (χ1v) is 9.61. The van der Waals surface area contributed by atoms with Gasteiger partial charge in [0.05, 0.1) is 26.5 Å². The van der Waals surface area contributed by atoms with E-state index in [9.17, 15) is 9.59 Å². The number of Topliss-reactive ketones (excluding diaryl/α,β-unsaturated/α-hetero) is 1. The van der Waals surface area contributed by atoms with Gasteiger partial charge in [0, 0.05) is 24.4 Å². The Bertz CT molecular complexity index is 874. The Morgan fingerprint density at radius 2 is 2.14 bits per heavy atom. The molecule has 6 atom stereocenters. The lowest BCUT2D eigenvalue weighted by Crippen LogP contribution is -2.54. The van der Waals surface area contributed by atoms with Crippen LogP contribution in [0.4, 0.5) is 5.69 Å². The molecule has 1 aliphatic carbocycles. The fourth-order valence-electron chi connectivity index (χ4n) is 5.60. The Balaban J connectivity index is 1.69. The third-order valence-electron chi connectivity index (χ3n) is 6.94. The molecule has 0 radical (unpaired) electrons. The van der Waals surface area contributed by atoms with Crippen molar-refractivity contribution < 1.29 is 28.6 Å². The van der Waals surface area contributed by atoms with Crippen LogP contribution in [-0.4, -0.2) is 56.4 Å². The molecule has 3 saturated heterocycles. The number of rotatable bonds is 4. The molecule has 6 rings (SSSR count). The van der Waals surface area contributed by atoms with E-state index in [1.165, 1.54) is 12.2 Å². The van der Waals surface area contributed by atoms with Crippen molar-refractivity contribution in [2.75, 3.05) is 25.9 Å². The molecule has 4 heterocycles. The summed E-state index contributed by atoms with van der Waals surface area (Å²) >= 11 is 0. The Hall–Kier alpha value is -2.00. The number of benzene rings is 1. The van der Waals surface area contributed by atoms with Gasteiger partial charge in [-0.3, -0.25) is 14.4 Å². The van der Waals surface area contributed by atoms with Crippen molar-refractivity contribution in [2.45, 2.75) is 49.0 Å². The first-order valence-electron chi connectivity index (χ1n) is 9.61. The second-order valence-corrected chi connectivity index (χ2v) is 7.97. The van der Waals surface area contributed by atoms with Gasteiger partial charge in [0.15, 0.2) is 11.4 Å². The SMILES string of the molecule is CCC(=O)C12OC1[C@H]1OC[C@@H]2[C@@H](N)C[C@@]12C(=O)N(OC)c1cc(OC)ccc12. The Labute approximate surface area is 162 Å². The number of amides is 1. The van der Waals surface area contributed by atoms with Gasteiger partial charge in [-0.05, 0) is 18.1 Å². The van der Waals surface area contributed by atoms with E-state index in [1.54, 1.807) is 13.2 Å². The van der Waals surface area contributed by atoms with Crippen LogP contribution >= 0.6 is 0 Å². The third kappa shape index (κ3) is 1.89. The number of hydroxylamine groups is 1. The largest absolute Gasteiger partial charge is 0.497 e. The number of methoxy groups -OCH3 is 1. The van der Waals surface area contributed by atoms with E-state index in [0.29, 0.717) is 30.9 Å². The lowest BCUT2D eigenvalue weighted by Gasteiger charge is -2.35. The molecule has 5 aliphatic rings. The number of ether oxygens (including phenoxy) is 3. The molecule has 8 nitrogen and oxygen atoms in total.